The molecule has 1 atom stereocenters. The first-order chi connectivity index (χ1) is 8.08. The van der Waals surface area contributed by atoms with E-state index in [1.165, 1.54) is 6.92 Å². The Hall–Kier alpha value is -0.950. The minimum Gasteiger partial charge on any atom is -0.462 e. The zero-order chi connectivity index (χ0) is 14.4. The second-order valence-electron chi connectivity index (χ2n) is 5.14. The summed E-state index contributed by atoms with van der Waals surface area (Å²) in [6, 6.07) is 0. The molecular weight excluding hydrogens is 256 g/mol. The third-order valence-corrected chi connectivity index (χ3v) is 2.46. The smallest absolute Gasteiger partial charge is 0.407 e. The highest BCUT2D eigenvalue weighted by atomic mass is 32.1. The van der Waals surface area contributed by atoms with Gasteiger partial charge in [-0.2, -0.15) is 12.6 Å². The first kappa shape index (κ1) is 17.1. The molecule has 0 radical (unpaired) electrons. The van der Waals surface area contributed by atoms with Crippen LogP contribution in [0.25, 0.3) is 0 Å². The number of nitrogens with two attached hydrogens (primary N) is 1. The first-order valence-electron chi connectivity index (χ1n) is 5.62. The van der Waals surface area contributed by atoms with Crippen molar-refractivity contribution in [1.82, 2.24) is 5.32 Å². The lowest BCUT2D eigenvalue weighted by Crippen LogP contribution is -2.48. The van der Waals surface area contributed by atoms with E-state index in [0.29, 0.717) is 0 Å². The van der Waals surface area contributed by atoms with Crippen LogP contribution in [0.5, 0.6) is 0 Å². The fraction of sp³-hybridized carbons (Fsp3) is 0.818. The molecule has 18 heavy (non-hydrogen) atoms. The number of carbonyl (C=O) groups is 2. The van der Waals surface area contributed by atoms with Gasteiger partial charge in [0, 0.05) is 5.75 Å². The van der Waals surface area contributed by atoms with E-state index in [-0.39, 0.29) is 18.9 Å². The summed E-state index contributed by atoms with van der Waals surface area (Å²) in [6.07, 6.45) is -0.553. The number of amides is 1. The third kappa shape index (κ3) is 7.39. The van der Waals surface area contributed by atoms with E-state index in [4.69, 9.17) is 15.2 Å². The zero-order valence-corrected chi connectivity index (χ0v) is 12.2. The van der Waals surface area contributed by atoms with Gasteiger partial charge in [-0.25, -0.2) is 4.79 Å². The number of ether oxygens (including phenoxy) is 2. The molecule has 0 spiro atoms. The number of hydrogen-bond donors (Lipinski definition) is 3. The topological polar surface area (TPSA) is 90.6 Å². The highest BCUT2D eigenvalue weighted by Gasteiger charge is 2.28. The molecule has 7 heteroatoms. The Labute approximate surface area is 113 Å². The van der Waals surface area contributed by atoms with Gasteiger partial charge in [-0.15, -0.1) is 0 Å². The molecule has 0 aromatic carbocycles. The van der Waals surface area contributed by atoms with E-state index in [1.54, 1.807) is 20.8 Å². The second kappa shape index (κ2) is 6.84. The van der Waals surface area contributed by atoms with E-state index >= 15 is 0 Å². The van der Waals surface area contributed by atoms with Crippen molar-refractivity contribution in [2.24, 2.45) is 5.73 Å². The highest BCUT2D eigenvalue weighted by molar-refractivity contribution is 7.80. The fourth-order valence-electron chi connectivity index (χ4n) is 0.840. The molecule has 0 heterocycles. The van der Waals surface area contributed by atoms with Crippen LogP contribution < -0.4 is 11.1 Å². The highest BCUT2D eigenvalue weighted by Crippen LogP contribution is 2.06. The first-order valence-corrected chi connectivity index (χ1v) is 6.25. The van der Waals surface area contributed by atoms with Gasteiger partial charge in [0.2, 0.25) is 0 Å². The van der Waals surface area contributed by atoms with Gasteiger partial charge in [0.05, 0.1) is 6.54 Å². The summed E-state index contributed by atoms with van der Waals surface area (Å²) in [4.78, 5) is 22.7. The van der Waals surface area contributed by atoms with Crippen molar-refractivity contribution in [2.45, 2.75) is 38.8 Å². The molecule has 0 saturated heterocycles. The maximum absolute atomic E-state index is 11.4. The normalized spacial score (nSPS) is 14.6. The van der Waals surface area contributed by atoms with Gasteiger partial charge in [-0.05, 0) is 27.7 Å². The third-order valence-electron chi connectivity index (χ3n) is 1.80. The molecule has 3 N–H and O–H groups in total. The molecule has 0 aliphatic heterocycles. The van der Waals surface area contributed by atoms with Gasteiger partial charge in [0.1, 0.15) is 17.7 Å². The van der Waals surface area contributed by atoms with Gasteiger partial charge in [-0.1, -0.05) is 0 Å². The molecule has 1 amide bonds. The average molecular weight is 278 g/mol. The molecule has 0 bridgehead atoms. The number of thiol groups is 1. The lowest BCUT2D eigenvalue weighted by Gasteiger charge is -2.21. The molecule has 0 unspecified atom stereocenters. The summed E-state index contributed by atoms with van der Waals surface area (Å²) < 4.78 is 9.90. The largest absolute Gasteiger partial charge is 0.462 e. The maximum Gasteiger partial charge on any atom is 0.407 e. The van der Waals surface area contributed by atoms with Crippen molar-refractivity contribution in [1.29, 1.82) is 0 Å². The Balaban J connectivity index is 3.82. The summed E-state index contributed by atoms with van der Waals surface area (Å²) in [5.41, 5.74) is 3.95. The average Bonchev–Trinajstić information content (AvgIpc) is 2.21. The van der Waals surface area contributed by atoms with Crippen LogP contribution in [0, 0.1) is 0 Å². The predicted octanol–water partition coefficient (Wildman–Crippen LogP) is 0.702. The Morgan fingerprint density at radius 1 is 1.28 bits per heavy atom. The number of rotatable bonds is 5. The molecular formula is C11H22N2O4S. The molecule has 0 aromatic rings. The van der Waals surface area contributed by atoms with Crippen LogP contribution in [0.1, 0.15) is 27.7 Å². The molecule has 106 valence electrons. The zero-order valence-electron chi connectivity index (χ0n) is 11.3. The maximum atomic E-state index is 11.4. The van der Waals surface area contributed by atoms with Crippen molar-refractivity contribution in [3.05, 3.63) is 0 Å². The predicted molar refractivity (Wildman–Crippen MR) is 71.6 cm³/mol. The van der Waals surface area contributed by atoms with Crippen LogP contribution in [-0.4, -0.2) is 42.1 Å². The quantitative estimate of drug-likeness (QED) is 0.391. The van der Waals surface area contributed by atoms with Crippen molar-refractivity contribution >= 4 is 24.7 Å². The van der Waals surface area contributed by atoms with Crippen molar-refractivity contribution < 1.29 is 19.1 Å². The van der Waals surface area contributed by atoms with E-state index in [9.17, 15) is 9.59 Å². The van der Waals surface area contributed by atoms with Gasteiger partial charge in [0.15, 0.2) is 0 Å². The van der Waals surface area contributed by atoms with Crippen LogP contribution in [-0.2, 0) is 14.3 Å². The lowest BCUT2D eigenvalue weighted by atomic mass is 10.1. The molecule has 0 aliphatic carbocycles. The standard InChI is InChI=1S/C11H22N2O4S/c1-10(2,3)17-9(15)13-5-6-16-8(14)11(4,12)7-18/h18H,5-7,12H2,1-4H3,(H,13,15)/t11-/m0/s1. The fourth-order valence-corrected chi connectivity index (χ4v) is 0.970. The van der Waals surface area contributed by atoms with Crippen LogP contribution in [0.2, 0.25) is 0 Å². The van der Waals surface area contributed by atoms with E-state index in [1.807, 2.05) is 0 Å². The SMILES string of the molecule is CC(C)(C)OC(=O)NCCOC(=O)[C@@](C)(N)CS. The van der Waals surface area contributed by atoms with Gasteiger partial charge in [0.25, 0.3) is 0 Å². The number of esters is 1. The molecule has 0 aliphatic rings. The van der Waals surface area contributed by atoms with Gasteiger partial charge >= 0.3 is 12.1 Å². The minimum atomic E-state index is -1.12. The van der Waals surface area contributed by atoms with Crippen LogP contribution in [0.15, 0.2) is 0 Å². The number of hydrogen-bond acceptors (Lipinski definition) is 6. The summed E-state index contributed by atoms with van der Waals surface area (Å²) in [5, 5.41) is 2.47. The lowest BCUT2D eigenvalue weighted by molar-refractivity contribution is -0.148. The summed E-state index contributed by atoms with van der Waals surface area (Å²) in [6.45, 7) is 7.03. The molecule has 0 fully saturated rings. The van der Waals surface area contributed by atoms with Crippen LogP contribution in [0.4, 0.5) is 4.79 Å². The number of nitrogens with one attached hydrogen (secondary N) is 1. The summed E-state index contributed by atoms with van der Waals surface area (Å²) >= 11 is 3.95. The molecule has 0 saturated carbocycles. The van der Waals surface area contributed by atoms with E-state index in [2.05, 4.69) is 17.9 Å². The molecule has 6 nitrogen and oxygen atoms in total. The van der Waals surface area contributed by atoms with Crippen LogP contribution in [0.3, 0.4) is 0 Å². The van der Waals surface area contributed by atoms with Crippen molar-refractivity contribution in [3.63, 3.8) is 0 Å². The summed E-state index contributed by atoms with van der Waals surface area (Å²) in [7, 11) is 0. The van der Waals surface area contributed by atoms with Crippen molar-refractivity contribution in [3.8, 4) is 0 Å². The van der Waals surface area contributed by atoms with E-state index in [0.717, 1.165) is 0 Å². The van der Waals surface area contributed by atoms with Gasteiger partial charge < -0.3 is 20.5 Å². The number of carbonyl (C=O) groups excluding carboxylic acids is 2. The number of alkyl carbamates (subject to hydrolysis) is 1. The Kier molecular flexibility index (Phi) is 6.48. The Morgan fingerprint density at radius 2 is 1.83 bits per heavy atom. The molecule has 0 aromatic heterocycles. The van der Waals surface area contributed by atoms with Crippen LogP contribution >= 0.6 is 12.6 Å². The van der Waals surface area contributed by atoms with Crippen molar-refractivity contribution in [2.75, 3.05) is 18.9 Å². The molecule has 0 rings (SSSR count). The Morgan fingerprint density at radius 3 is 2.28 bits per heavy atom. The monoisotopic (exact) mass is 278 g/mol. The van der Waals surface area contributed by atoms with E-state index < -0.39 is 23.2 Å². The summed E-state index contributed by atoms with van der Waals surface area (Å²) in [5.74, 6) is -0.366. The van der Waals surface area contributed by atoms with Gasteiger partial charge in [-0.3, -0.25) is 4.79 Å². The second-order valence-corrected chi connectivity index (χ2v) is 5.46. The minimum absolute atomic E-state index is 0.0403. The Bertz CT molecular complexity index is 300.